The third-order valence-electron chi connectivity index (χ3n) is 7.11. The van der Waals surface area contributed by atoms with Crippen LogP contribution in [0.15, 0.2) is 59.6 Å². The summed E-state index contributed by atoms with van der Waals surface area (Å²) in [5.41, 5.74) is 9.51. The van der Waals surface area contributed by atoms with Crippen LogP contribution in [0.25, 0.3) is 22.3 Å². The summed E-state index contributed by atoms with van der Waals surface area (Å²) in [6.45, 7) is 3.96. The van der Waals surface area contributed by atoms with E-state index < -0.39 is 22.5 Å². The number of anilines is 2. The number of nitrogen functional groups attached to an aromatic ring is 1. The van der Waals surface area contributed by atoms with Gasteiger partial charge in [-0.1, -0.05) is 49.7 Å². The number of hydrogen-bond donors (Lipinski definition) is 3. The summed E-state index contributed by atoms with van der Waals surface area (Å²) in [5.74, 6) is 0.203. The summed E-state index contributed by atoms with van der Waals surface area (Å²) in [6, 6.07) is 10.3. The summed E-state index contributed by atoms with van der Waals surface area (Å²) in [6.07, 6.45) is 6.25. The minimum atomic E-state index is -4.12. The molecule has 0 fully saturated rings. The molecule has 4 N–H and O–H groups in total. The van der Waals surface area contributed by atoms with Gasteiger partial charge >= 0.3 is 0 Å². The van der Waals surface area contributed by atoms with E-state index >= 15 is 4.39 Å². The van der Waals surface area contributed by atoms with E-state index in [-0.39, 0.29) is 33.4 Å². The Morgan fingerprint density at radius 2 is 2.00 bits per heavy atom. The zero-order chi connectivity index (χ0) is 29.3. The van der Waals surface area contributed by atoms with Gasteiger partial charge in [-0.05, 0) is 49.1 Å². The van der Waals surface area contributed by atoms with Crippen molar-refractivity contribution < 1.29 is 17.2 Å². The largest absolute Gasteiger partial charge is 0.382 e. The third-order valence-corrected chi connectivity index (χ3v) is 8.97. The van der Waals surface area contributed by atoms with E-state index in [0.717, 1.165) is 36.4 Å². The Labute approximate surface area is 242 Å². The van der Waals surface area contributed by atoms with Crippen LogP contribution >= 0.6 is 11.6 Å². The molecule has 1 aliphatic carbocycles. The van der Waals surface area contributed by atoms with Crippen molar-refractivity contribution in [3.63, 3.8) is 0 Å². The van der Waals surface area contributed by atoms with Gasteiger partial charge in [-0.15, -0.1) is 0 Å². The number of nitrogens with zero attached hydrogens (tertiary/aromatic N) is 3. The van der Waals surface area contributed by atoms with Crippen LogP contribution in [-0.2, 0) is 10.0 Å². The quantitative estimate of drug-likeness (QED) is 0.211. The van der Waals surface area contributed by atoms with Gasteiger partial charge in [-0.25, -0.2) is 27.2 Å². The second kappa shape index (κ2) is 11.8. The standard InChI is InChI=1S/C29H31ClF2N6O2S/c1-17(2)29-36-26(19-9-12-23(22(32)15-19)37-41(39,40)25-6-4-3-5-21(25)30)27-28(33)35-16-24(38(27)29)18-7-10-20(11-8-18)34-14-13-31/h3-7,9,12,15-17,20,34,37H,8,10-11,13-14H2,1-2H3,(H2,33,35). The molecule has 0 amide bonds. The van der Waals surface area contributed by atoms with Crippen molar-refractivity contribution in [3.8, 4) is 11.3 Å². The highest BCUT2D eigenvalue weighted by atomic mass is 35.5. The molecule has 0 bridgehead atoms. The van der Waals surface area contributed by atoms with Crippen LogP contribution in [0, 0.1) is 5.82 Å². The van der Waals surface area contributed by atoms with E-state index in [4.69, 9.17) is 22.3 Å². The molecule has 12 heteroatoms. The number of rotatable bonds is 9. The Bertz CT molecular complexity index is 1740. The highest BCUT2D eigenvalue weighted by Crippen LogP contribution is 2.37. The molecule has 1 atom stereocenters. The number of nitrogens with one attached hydrogen (secondary N) is 2. The summed E-state index contributed by atoms with van der Waals surface area (Å²) >= 11 is 6.05. The summed E-state index contributed by atoms with van der Waals surface area (Å²) in [7, 11) is -4.12. The summed E-state index contributed by atoms with van der Waals surface area (Å²) in [4.78, 5) is 9.17. The second-order valence-corrected chi connectivity index (χ2v) is 12.3. The lowest BCUT2D eigenvalue weighted by Gasteiger charge is -2.24. The first-order valence-corrected chi connectivity index (χ1v) is 15.2. The van der Waals surface area contributed by atoms with Gasteiger partial charge in [0.1, 0.15) is 40.2 Å². The number of fused-ring (bicyclic) bond motifs is 1. The monoisotopic (exact) mass is 600 g/mol. The van der Waals surface area contributed by atoms with Crippen molar-refractivity contribution in [1.29, 1.82) is 0 Å². The number of sulfonamides is 1. The number of aromatic nitrogens is 3. The van der Waals surface area contributed by atoms with E-state index in [1.807, 2.05) is 18.2 Å². The maximum Gasteiger partial charge on any atom is 0.263 e. The van der Waals surface area contributed by atoms with E-state index in [0.29, 0.717) is 23.3 Å². The topological polar surface area (TPSA) is 114 Å². The fourth-order valence-electron chi connectivity index (χ4n) is 5.10. The molecule has 216 valence electrons. The number of alkyl halides is 1. The second-order valence-electron chi connectivity index (χ2n) is 10.3. The van der Waals surface area contributed by atoms with Crippen LogP contribution in [0.5, 0.6) is 0 Å². The molecule has 2 aromatic heterocycles. The van der Waals surface area contributed by atoms with Gasteiger partial charge in [0.05, 0.1) is 22.6 Å². The van der Waals surface area contributed by atoms with Crippen LogP contribution in [0.3, 0.4) is 0 Å². The van der Waals surface area contributed by atoms with Crippen LogP contribution in [0.4, 0.5) is 20.3 Å². The predicted molar refractivity (Wildman–Crippen MR) is 159 cm³/mol. The lowest BCUT2D eigenvalue weighted by Crippen LogP contribution is -2.32. The van der Waals surface area contributed by atoms with Gasteiger partial charge in [-0.3, -0.25) is 9.12 Å². The Morgan fingerprint density at radius 1 is 1.22 bits per heavy atom. The van der Waals surface area contributed by atoms with Gasteiger partial charge < -0.3 is 11.1 Å². The zero-order valence-electron chi connectivity index (χ0n) is 22.7. The van der Waals surface area contributed by atoms with Gasteiger partial charge in [0.2, 0.25) is 0 Å². The van der Waals surface area contributed by atoms with E-state index in [1.165, 1.54) is 30.3 Å². The lowest BCUT2D eigenvalue weighted by molar-refractivity contribution is 0.415. The molecule has 2 aromatic carbocycles. The molecule has 5 rings (SSSR count). The summed E-state index contributed by atoms with van der Waals surface area (Å²) < 4.78 is 57.9. The normalized spacial score (nSPS) is 15.9. The predicted octanol–water partition coefficient (Wildman–Crippen LogP) is 6.19. The highest BCUT2D eigenvalue weighted by molar-refractivity contribution is 7.92. The van der Waals surface area contributed by atoms with Gasteiger partial charge in [0.15, 0.2) is 0 Å². The van der Waals surface area contributed by atoms with Gasteiger partial charge in [-0.2, -0.15) is 0 Å². The molecule has 41 heavy (non-hydrogen) atoms. The third kappa shape index (κ3) is 5.79. The molecule has 0 aliphatic heterocycles. The molecule has 1 unspecified atom stereocenters. The van der Waals surface area contributed by atoms with E-state index in [9.17, 15) is 12.8 Å². The first-order chi connectivity index (χ1) is 19.6. The van der Waals surface area contributed by atoms with E-state index in [2.05, 4.69) is 21.1 Å². The Hall–Kier alpha value is -3.54. The van der Waals surface area contributed by atoms with Crippen LogP contribution in [0.1, 0.15) is 50.5 Å². The molecular weight excluding hydrogens is 570 g/mol. The average molecular weight is 601 g/mol. The molecule has 2 heterocycles. The average Bonchev–Trinajstić information content (AvgIpc) is 3.36. The SMILES string of the molecule is CC(C)c1nc(-c2ccc(NS(=O)(=O)c3ccccc3Cl)c(F)c2)c2c(N)ncc(C3=CCC(NCCF)CC3)n12. The number of benzene rings is 2. The van der Waals surface area contributed by atoms with Gasteiger partial charge in [0, 0.05) is 24.1 Å². The first-order valence-electron chi connectivity index (χ1n) is 13.3. The maximum atomic E-state index is 15.4. The van der Waals surface area contributed by atoms with Crippen LogP contribution in [-0.4, -0.2) is 42.0 Å². The Balaban J connectivity index is 1.54. The van der Waals surface area contributed by atoms with Crippen molar-refractivity contribution in [3.05, 3.63) is 77.1 Å². The van der Waals surface area contributed by atoms with Crippen LogP contribution < -0.4 is 15.8 Å². The minimum Gasteiger partial charge on any atom is -0.382 e. The summed E-state index contributed by atoms with van der Waals surface area (Å²) in [5, 5.41) is 3.25. The fraction of sp³-hybridized carbons (Fsp3) is 0.310. The van der Waals surface area contributed by atoms with Crippen molar-refractivity contribution >= 4 is 44.2 Å². The van der Waals surface area contributed by atoms with Crippen molar-refractivity contribution in [2.75, 3.05) is 23.7 Å². The number of imidazole rings is 1. The van der Waals surface area contributed by atoms with Gasteiger partial charge in [0.25, 0.3) is 10.0 Å². The first kappa shape index (κ1) is 29.0. The fourth-order valence-corrected chi connectivity index (χ4v) is 6.69. The van der Waals surface area contributed by atoms with Crippen molar-refractivity contribution in [1.82, 2.24) is 19.7 Å². The molecular formula is C29H31ClF2N6O2S. The van der Waals surface area contributed by atoms with Crippen LogP contribution in [0.2, 0.25) is 5.02 Å². The lowest BCUT2D eigenvalue weighted by atomic mass is 9.93. The minimum absolute atomic E-state index is 0.00603. The molecule has 0 saturated carbocycles. The molecule has 1 aliphatic rings. The molecule has 0 radical (unpaired) electrons. The molecule has 4 aromatic rings. The maximum absolute atomic E-state index is 15.4. The number of halogens is 3. The zero-order valence-corrected chi connectivity index (χ0v) is 24.2. The molecule has 8 nitrogen and oxygen atoms in total. The van der Waals surface area contributed by atoms with Crippen molar-refractivity contribution in [2.45, 2.75) is 50.0 Å². The Kier molecular flexibility index (Phi) is 8.30. The molecule has 0 spiro atoms. The Morgan fingerprint density at radius 3 is 2.66 bits per heavy atom. The number of hydrogen-bond acceptors (Lipinski definition) is 6. The smallest absolute Gasteiger partial charge is 0.263 e. The number of allylic oxidation sites excluding steroid dienone is 1. The van der Waals surface area contributed by atoms with Crippen molar-refractivity contribution in [2.24, 2.45) is 0 Å². The molecule has 0 saturated heterocycles. The van der Waals surface area contributed by atoms with E-state index in [1.54, 1.807) is 18.3 Å². The number of nitrogens with two attached hydrogens (primary N) is 1. The highest BCUT2D eigenvalue weighted by Gasteiger charge is 2.25.